The van der Waals surface area contributed by atoms with Gasteiger partial charge in [-0.25, -0.2) is 0 Å². The first kappa shape index (κ1) is 23.5. The van der Waals surface area contributed by atoms with Crippen molar-refractivity contribution in [3.05, 3.63) is 0 Å². The second kappa shape index (κ2) is 11.4. The molecule has 172 valence electrons. The van der Waals surface area contributed by atoms with E-state index in [4.69, 9.17) is 4.74 Å². The highest BCUT2D eigenvalue weighted by atomic mass is 16.5. The summed E-state index contributed by atoms with van der Waals surface area (Å²) in [7, 11) is 0. The number of ether oxygens (including phenoxy) is 1. The number of hydrogen-bond acceptors (Lipinski definition) is 5. The molecule has 0 spiro atoms. The van der Waals surface area contributed by atoms with E-state index >= 15 is 0 Å². The fraction of sp³-hybridized carbons (Fsp3) is 0.913. The number of nitrogens with zero attached hydrogens (tertiary/aromatic N) is 2. The molecule has 0 aliphatic carbocycles. The third-order valence-corrected chi connectivity index (χ3v) is 6.98. The number of nitrogens with one attached hydrogen (secondary N) is 2. The third kappa shape index (κ3) is 6.41. The Labute approximate surface area is 182 Å². The van der Waals surface area contributed by atoms with Crippen molar-refractivity contribution in [1.82, 2.24) is 20.4 Å². The van der Waals surface area contributed by atoms with Gasteiger partial charge in [-0.15, -0.1) is 0 Å². The maximum atomic E-state index is 12.2. The van der Waals surface area contributed by atoms with Gasteiger partial charge in [0.2, 0.25) is 11.8 Å². The summed E-state index contributed by atoms with van der Waals surface area (Å²) in [5, 5.41) is 5.94. The summed E-state index contributed by atoms with van der Waals surface area (Å²) in [6.07, 6.45) is 8.28. The van der Waals surface area contributed by atoms with Gasteiger partial charge in [-0.3, -0.25) is 19.4 Å². The number of likely N-dealkylation sites (tertiary alicyclic amines) is 2. The van der Waals surface area contributed by atoms with Crippen LogP contribution in [0.1, 0.15) is 65.2 Å². The van der Waals surface area contributed by atoms with E-state index in [1.807, 2.05) is 13.8 Å². The van der Waals surface area contributed by atoms with Gasteiger partial charge in [-0.2, -0.15) is 0 Å². The summed E-state index contributed by atoms with van der Waals surface area (Å²) in [5.41, 5.74) is 0.133. The Kier molecular flexibility index (Phi) is 8.96. The summed E-state index contributed by atoms with van der Waals surface area (Å²) in [6, 6.07) is 0.686. The Hall–Kier alpha value is -1.18. The van der Waals surface area contributed by atoms with E-state index in [2.05, 4.69) is 20.4 Å². The molecule has 0 aromatic rings. The molecule has 2 N–H and O–H groups in total. The molecule has 7 heteroatoms. The normalized spacial score (nSPS) is 27.3. The highest BCUT2D eigenvalue weighted by Gasteiger charge is 2.44. The van der Waals surface area contributed by atoms with E-state index in [0.717, 1.165) is 52.2 Å². The molecule has 3 aliphatic heterocycles. The molecule has 3 fully saturated rings. The summed E-state index contributed by atoms with van der Waals surface area (Å²) < 4.78 is 5.72. The Morgan fingerprint density at radius 3 is 1.67 bits per heavy atom. The third-order valence-electron chi connectivity index (χ3n) is 6.98. The first-order chi connectivity index (χ1) is 14.5. The number of rotatable bonds is 10. The van der Waals surface area contributed by atoms with Crippen LogP contribution >= 0.6 is 0 Å². The molecule has 3 heterocycles. The zero-order chi connectivity index (χ0) is 21.4. The number of hydrogen-bond donors (Lipinski definition) is 2. The van der Waals surface area contributed by atoms with Crippen LogP contribution in [0, 0.1) is 5.41 Å². The standard InChI is InChI=1S/C23H42N4O3/c1-3-24-21(28)13-19-9-5-7-11-26(19)15-23(17-30-18-23)16-27-12-8-6-10-20(27)14-22(29)25-4-2/h19-20H,3-18H2,1-2H3,(H,24,28)(H,25,29). The Bertz CT molecular complexity index is 523. The monoisotopic (exact) mass is 422 g/mol. The number of carbonyl (C=O) groups excluding carboxylic acids is 2. The highest BCUT2D eigenvalue weighted by Crippen LogP contribution is 2.35. The van der Waals surface area contributed by atoms with E-state index in [1.165, 1.54) is 25.7 Å². The summed E-state index contributed by atoms with van der Waals surface area (Å²) >= 11 is 0. The molecule has 30 heavy (non-hydrogen) atoms. The van der Waals surface area contributed by atoms with Crippen LogP contribution in [0.15, 0.2) is 0 Å². The lowest BCUT2D eigenvalue weighted by atomic mass is 9.81. The second-order valence-electron chi connectivity index (χ2n) is 9.55. The minimum atomic E-state index is 0.133. The molecular weight excluding hydrogens is 380 g/mol. The Balaban J connectivity index is 1.61. The van der Waals surface area contributed by atoms with E-state index in [-0.39, 0.29) is 17.2 Å². The molecular formula is C23H42N4O3. The van der Waals surface area contributed by atoms with Crippen molar-refractivity contribution in [3.63, 3.8) is 0 Å². The quantitative estimate of drug-likeness (QED) is 0.561. The molecule has 3 aliphatic rings. The molecule has 0 saturated carbocycles. The van der Waals surface area contributed by atoms with Gasteiger partial charge in [0.25, 0.3) is 0 Å². The second-order valence-corrected chi connectivity index (χ2v) is 9.55. The first-order valence-electron chi connectivity index (χ1n) is 12.1. The predicted octanol–water partition coefficient (Wildman–Crippen LogP) is 1.76. The lowest BCUT2D eigenvalue weighted by Crippen LogP contribution is -2.61. The van der Waals surface area contributed by atoms with E-state index in [1.54, 1.807) is 0 Å². The van der Waals surface area contributed by atoms with Gasteiger partial charge in [-0.1, -0.05) is 12.8 Å². The summed E-state index contributed by atoms with van der Waals surface area (Å²) in [5.74, 6) is 0.345. The van der Waals surface area contributed by atoms with E-state index in [0.29, 0.717) is 38.0 Å². The summed E-state index contributed by atoms with van der Waals surface area (Å²) in [6.45, 7) is 11.1. The average Bonchev–Trinajstić information content (AvgIpc) is 2.69. The average molecular weight is 423 g/mol. The molecule has 0 aromatic heterocycles. The number of amides is 2. The lowest BCUT2D eigenvalue weighted by molar-refractivity contribution is -0.151. The van der Waals surface area contributed by atoms with Crippen molar-refractivity contribution < 1.29 is 14.3 Å². The number of carbonyl (C=O) groups is 2. The number of piperidine rings is 2. The van der Waals surface area contributed by atoms with Crippen molar-refractivity contribution >= 4 is 11.8 Å². The van der Waals surface area contributed by atoms with Crippen LogP contribution in [0.25, 0.3) is 0 Å². The van der Waals surface area contributed by atoms with Crippen molar-refractivity contribution in [2.45, 2.75) is 77.3 Å². The molecule has 2 atom stereocenters. The molecule has 0 aromatic carbocycles. The van der Waals surface area contributed by atoms with Gasteiger partial charge in [0.15, 0.2) is 0 Å². The zero-order valence-electron chi connectivity index (χ0n) is 19.1. The molecule has 3 saturated heterocycles. The zero-order valence-corrected chi connectivity index (χ0v) is 19.1. The smallest absolute Gasteiger partial charge is 0.221 e. The van der Waals surface area contributed by atoms with Crippen molar-refractivity contribution in [2.75, 3.05) is 52.5 Å². The van der Waals surface area contributed by atoms with Crippen molar-refractivity contribution in [3.8, 4) is 0 Å². The minimum Gasteiger partial charge on any atom is -0.380 e. The predicted molar refractivity (Wildman–Crippen MR) is 118 cm³/mol. The van der Waals surface area contributed by atoms with Crippen LogP contribution < -0.4 is 10.6 Å². The molecule has 0 bridgehead atoms. The largest absolute Gasteiger partial charge is 0.380 e. The van der Waals surface area contributed by atoms with Crippen molar-refractivity contribution in [2.24, 2.45) is 5.41 Å². The lowest BCUT2D eigenvalue weighted by Gasteiger charge is -2.51. The maximum Gasteiger partial charge on any atom is 0.221 e. The van der Waals surface area contributed by atoms with Gasteiger partial charge >= 0.3 is 0 Å². The fourth-order valence-electron chi connectivity index (χ4n) is 5.45. The fourth-order valence-corrected chi connectivity index (χ4v) is 5.45. The maximum absolute atomic E-state index is 12.2. The van der Waals surface area contributed by atoms with Crippen LogP contribution in [-0.4, -0.2) is 86.2 Å². The van der Waals surface area contributed by atoms with Gasteiger partial charge < -0.3 is 15.4 Å². The van der Waals surface area contributed by atoms with Gasteiger partial charge in [0.05, 0.1) is 13.2 Å². The molecule has 0 radical (unpaired) electrons. The molecule has 2 amide bonds. The molecule has 7 nitrogen and oxygen atoms in total. The van der Waals surface area contributed by atoms with Gasteiger partial charge in [-0.05, 0) is 52.6 Å². The van der Waals surface area contributed by atoms with Crippen LogP contribution in [0.3, 0.4) is 0 Å². The molecule has 3 rings (SSSR count). The highest BCUT2D eigenvalue weighted by molar-refractivity contribution is 5.76. The molecule has 2 unspecified atom stereocenters. The van der Waals surface area contributed by atoms with Gasteiger partial charge in [0, 0.05) is 56.5 Å². The van der Waals surface area contributed by atoms with Gasteiger partial charge in [0.1, 0.15) is 0 Å². The van der Waals surface area contributed by atoms with Crippen LogP contribution in [-0.2, 0) is 14.3 Å². The topological polar surface area (TPSA) is 73.9 Å². The van der Waals surface area contributed by atoms with Crippen LogP contribution in [0.5, 0.6) is 0 Å². The Morgan fingerprint density at radius 2 is 1.30 bits per heavy atom. The first-order valence-corrected chi connectivity index (χ1v) is 12.1. The SMILES string of the molecule is CCNC(=O)CC1CCCCN1CC1(CN2CCCCC2CC(=O)NCC)COC1. The van der Waals surface area contributed by atoms with Crippen molar-refractivity contribution in [1.29, 1.82) is 0 Å². The summed E-state index contributed by atoms with van der Waals surface area (Å²) in [4.78, 5) is 29.5. The van der Waals surface area contributed by atoms with Crippen LogP contribution in [0.2, 0.25) is 0 Å². The minimum absolute atomic E-state index is 0.133. The van der Waals surface area contributed by atoms with Crippen LogP contribution in [0.4, 0.5) is 0 Å². The Morgan fingerprint density at radius 1 is 0.833 bits per heavy atom. The van der Waals surface area contributed by atoms with E-state index < -0.39 is 0 Å². The van der Waals surface area contributed by atoms with E-state index in [9.17, 15) is 9.59 Å².